The van der Waals surface area contributed by atoms with Crippen LogP contribution in [0.1, 0.15) is 36.9 Å². The van der Waals surface area contributed by atoms with E-state index in [1.807, 2.05) is 37.4 Å². The summed E-state index contributed by atoms with van der Waals surface area (Å²) in [5, 5.41) is 17.1. The molecular weight excluding hydrogens is 510 g/mol. The molecule has 0 aliphatic carbocycles. The number of nitrogens with zero attached hydrogens (tertiary/aromatic N) is 4. The first kappa shape index (κ1) is 28.0. The molecule has 1 saturated heterocycles. The van der Waals surface area contributed by atoms with Gasteiger partial charge in [0.05, 0.1) is 34.6 Å². The molecule has 1 aromatic heterocycles. The lowest BCUT2D eigenvalue weighted by molar-refractivity contribution is -0.106. The van der Waals surface area contributed by atoms with E-state index in [0.29, 0.717) is 12.2 Å². The van der Waals surface area contributed by atoms with Crippen LogP contribution in [0.3, 0.4) is 0 Å². The van der Waals surface area contributed by atoms with Gasteiger partial charge in [-0.15, -0.1) is 0 Å². The summed E-state index contributed by atoms with van der Waals surface area (Å²) in [6, 6.07) is 20.8. The van der Waals surface area contributed by atoms with Crippen LogP contribution < -0.4 is 21.3 Å². The van der Waals surface area contributed by atoms with Crippen LogP contribution >= 0.6 is 11.6 Å². The van der Waals surface area contributed by atoms with Gasteiger partial charge < -0.3 is 24.1 Å². The van der Waals surface area contributed by atoms with Crippen LogP contribution in [0.15, 0.2) is 65.8 Å². The van der Waals surface area contributed by atoms with Crippen LogP contribution in [0, 0.1) is 12.3 Å². The van der Waals surface area contributed by atoms with Gasteiger partial charge in [-0.3, -0.25) is 10.8 Å². The third-order valence-corrected chi connectivity index (χ3v) is 7.52. The summed E-state index contributed by atoms with van der Waals surface area (Å²) in [7, 11) is 1.94. The maximum atomic E-state index is 9.21. The molecule has 1 aliphatic heterocycles. The molecule has 3 N–H and O–H groups in total. The average molecular weight is 546 g/mol. The Morgan fingerprint density at radius 1 is 1.08 bits per heavy atom. The van der Waals surface area contributed by atoms with Crippen molar-refractivity contribution in [2.24, 2.45) is 5.10 Å². The lowest BCUT2D eigenvalue weighted by Gasteiger charge is -2.35. The number of halogens is 1. The number of imidazole rings is 1. The molecule has 39 heavy (non-hydrogen) atoms. The number of carbonyl (C=O) groups excluding carboxylic acids is 1. The van der Waals surface area contributed by atoms with E-state index in [0.717, 1.165) is 76.5 Å². The van der Waals surface area contributed by atoms with E-state index >= 15 is 0 Å². The molecule has 9 heteroatoms. The fraction of sp³-hybridized carbons (Fsp3) is 0.300. The van der Waals surface area contributed by atoms with E-state index in [1.165, 1.54) is 6.92 Å². The van der Waals surface area contributed by atoms with Gasteiger partial charge in [0, 0.05) is 37.9 Å². The minimum Gasteiger partial charge on any atom is -0.386 e. The lowest BCUT2D eigenvalue weighted by atomic mass is 10.0. The number of anilines is 3. The molecule has 1 fully saturated rings. The van der Waals surface area contributed by atoms with Crippen LogP contribution in [0.25, 0.3) is 11.0 Å². The van der Waals surface area contributed by atoms with Crippen molar-refractivity contribution in [1.29, 1.82) is 5.41 Å². The van der Waals surface area contributed by atoms with Gasteiger partial charge in [0.1, 0.15) is 6.29 Å². The number of hydrazone groups is 1. The highest BCUT2D eigenvalue weighted by atomic mass is 35.5. The van der Waals surface area contributed by atoms with Gasteiger partial charge in [-0.25, -0.2) is 0 Å². The smallest absolute Gasteiger partial charge is 0.203 e. The second-order valence-electron chi connectivity index (χ2n) is 9.49. The standard InChI is InChI=1S/C28H32ClN7.C2H4O/c1-19-20(7-6-8-23(19)33-32-3)18-35-25-9-4-5-10-26(25)36(28(35)30)22-13-15-34(16-14-22)27-17-21(29)11-12-24(27)31-2;1-2-3/h4-12,17,22,30-31,33H,3,13-16,18H2,1-2H3;2H,1H3. The molecule has 5 rings (SSSR count). The molecule has 0 radical (unpaired) electrons. The zero-order valence-corrected chi connectivity index (χ0v) is 23.5. The van der Waals surface area contributed by atoms with Gasteiger partial charge in [-0.05, 0) is 74.2 Å². The largest absolute Gasteiger partial charge is 0.386 e. The second-order valence-corrected chi connectivity index (χ2v) is 9.93. The van der Waals surface area contributed by atoms with Crippen molar-refractivity contribution < 1.29 is 4.79 Å². The van der Waals surface area contributed by atoms with Crippen molar-refractivity contribution in [1.82, 2.24) is 9.13 Å². The third kappa shape index (κ3) is 5.86. The fourth-order valence-corrected chi connectivity index (χ4v) is 5.52. The van der Waals surface area contributed by atoms with Crippen molar-refractivity contribution >= 4 is 52.7 Å². The molecule has 4 aromatic rings. The molecule has 2 heterocycles. The number of fused-ring (bicyclic) bond motifs is 1. The molecule has 204 valence electrons. The maximum Gasteiger partial charge on any atom is 0.203 e. The van der Waals surface area contributed by atoms with Gasteiger partial charge >= 0.3 is 0 Å². The van der Waals surface area contributed by atoms with E-state index in [2.05, 4.69) is 73.9 Å². The summed E-state index contributed by atoms with van der Waals surface area (Å²) in [6.07, 6.45) is 2.67. The van der Waals surface area contributed by atoms with Crippen molar-refractivity contribution in [3.8, 4) is 0 Å². The van der Waals surface area contributed by atoms with Crippen molar-refractivity contribution in [2.45, 2.75) is 39.3 Å². The molecule has 3 aromatic carbocycles. The summed E-state index contributed by atoms with van der Waals surface area (Å²) in [6.45, 7) is 9.51. The van der Waals surface area contributed by atoms with E-state index in [1.54, 1.807) is 0 Å². The van der Waals surface area contributed by atoms with Gasteiger partial charge in [0.2, 0.25) is 5.62 Å². The van der Waals surface area contributed by atoms with Gasteiger partial charge in [-0.1, -0.05) is 35.9 Å². The van der Waals surface area contributed by atoms with Crippen LogP contribution in [0.5, 0.6) is 0 Å². The average Bonchev–Trinajstić information content (AvgIpc) is 3.22. The Kier molecular flexibility index (Phi) is 9.09. The van der Waals surface area contributed by atoms with E-state index in [9.17, 15) is 5.41 Å². The Labute approximate surface area is 234 Å². The Bertz CT molecular complexity index is 1520. The van der Waals surface area contributed by atoms with E-state index in [-0.39, 0.29) is 6.04 Å². The van der Waals surface area contributed by atoms with Crippen LogP contribution in [-0.2, 0) is 11.3 Å². The molecule has 0 amide bonds. The molecule has 8 nitrogen and oxygen atoms in total. The Morgan fingerprint density at radius 3 is 2.44 bits per heavy atom. The topological polar surface area (TPSA) is 90.4 Å². The molecule has 1 aliphatic rings. The van der Waals surface area contributed by atoms with Gasteiger partial charge in [0.25, 0.3) is 0 Å². The van der Waals surface area contributed by atoms with E-state index < -0.39 is 0 Å². The molecule has 0 saturated carbocycles. The summed E-state index contributed by atoms with van der Waals surface area (Å²) >= 11 is 6.31. The number of piperidine rings is 1. The zero-order valence-electron chi connectivity index (χ0n) is 22.7. The molecule has 0 bridgehead atoms. The molecular formula is C30H36ClN7O. The predicted molar refractivity (Wildman–Crippen MR) is 162 cm³/mol. The predicted octanol–water partition coefficient (Wildman–Crippen LogP) is 6.05. The number of benzene rings is 3. The fourth-order valence-electron chi connectivity index (χ4n) is 5.36. The summed E-state index contributed by atoms with van der Waals surface area (Å²) in [5.74, 6) is 0. The molecule has 0 spiro atoms. The minimum absolute atomic E-state index is 0.260. The second kappa shape index (κ2) is 12.7. The number of aromatic nitrogens is 2. The summed E-state index contributed by atoms with van der Waals surface area (Å²) in [4.78, 5) is 11.2. The number of carbonyl (C=O) groups is 1. The van der Waals surface area contributed by atoms with E-state index in [4.69, 9.17) is 16.4 Å². The first-order chi connectivity index (χ1) is 18.9. The SMILES string of the molecule is C=NNc1cccc(Cn2c(=N)n(C3CCN(c4cc(Cl)ccc4NC)CC3)c3ccccc32)c1C.CC=O. The summed E-state index contributed by atoms with van der Waals surface area (Å²) in [5.41, 5.74) is 11.1. The zero-order chi connectivity index (χ0) is 27.9. The van der Waals surface area contributed by atoms with Crippen molar-refractivity contribution in [2.75, 3.05) is 35.8 Å². The highest BCUT2D eigenvalue weighted by molar-refractivity contribution is 6.31. The van der Waals surface area contributed by atoms with Crippen LogP contribution in [0.4, 0.5) is 17.1 Å². The van der Waals surface area contributed by atoms with Crippen LogP contribution in [-0.4, -0.2) is 42.3 Å². The van der Waals surface area contributed by atoms with Crippen LogP contribution in [0.2, 0.25) is 5.02 Å². The number of aldehydes is 1. The van der Waals surface area contributed by atoms with Crippen molar-refractivity contribution in [3.63, 3.8) is 0 Å². The van der Waals surface area contributed by atoms with Gasteiger partial charge in [0.15, 0.2) is 0 Å². The monoisotopic (exact) mass is 545 g/mol. The number of nitrogens with one attached hydrogen (secondary N) is 3. The number of hydrogen-bond acceptors (Lipinski definition) is 6. The highest BCUT2D eigenvalue weighted by Gasteiger charge is 2.25. The maximum absolute atomic E-state index is 9.21. The quantitative estimate of drug-likeness (QED) is 0.150. The number of hydrogen-bond donors (Lipinski definition) is 3. The van der Waals surface area contributed by atoms with Gasteiger partial charge in [-0.2, -0.15) is 5.10 Å². The third-order valence-electron chi connectivity index (χ3n) is 7.29. The minimum atomic E-state index is 0.260. The summed E-state index contributed by atoms with van der Waals surface area (Å²) < 4.78 is 4.34. The molecule has 0 unspecified atom stereocenters. The Hall–Kier alpha value is -4.04. The lowest BCUT2D eigenvalue weighted by Crippen LogP contribution is -2.38. The first-order valence-electron chi connectivity index (χ1n) is 13.1. The number of rotatable bonds is 7. The normalized spacial score (nSPS) is 13.5. The highest BCUT2D eigenvalue weighted by Crippen LogP contribution is 2.34. The van der Waals surface area contributed by atoms with Crippen molar-refractivity contribution in [3.05, 3.63) is 82.4 Å². The molecule has 0 atom stereocenters. The Morgan fingerprint density at radius 2 is 1.77 bits per heavy atom. The Balaban J connectivity index is 0.00000112. The first-order valence-corrected chi connectivity index (χ1v) is 13.5. The number of para-hydroxylation sites is 2.